The van der Waals surface area contributed by atoms with Crippen LogP contribution in [0.3, 0.4) is 0 Å². The van der Waals surface area contributed by atoms with Gasteiger partial charge in [-0.3, -0.25) is 28.8 Å². The Balaban J connectivity index is 0.905. The summed E-state index contributed by atoms with van der Waals surface area (Å²) in [4.78, 5) is 116. The fourth-order valence-corrected chi connectivity index (χ4v) is 12.0. The predicted octanol–water partition coefficient (Wildman–Crippen LogP) is 17.8. The number of unbranched alkanes of at least 4 members (excludes halogenated alkanes) is 6. The Bertz CT molecular complexity index is 3810. The van der Waals surface area contributed by atoms with E-state index >= 15 is 0 Å². The van der Waals surface area contributed by atoms with Crippen LogP contribution in [-0.4, -0.2) is 67.6 Å². The molecule has 0 radical (unpaired) electrons. The number of ketones is 4. The highest BCUT2D eigenvalue weighted by Crippen LogP contribution is 2.36. The molecule has 2 unspecified atom stereocenters. The van der Waals surface area contributed by atoms with E-state index < -0.39 is 23.9 Å². The minimum Gasteiger partial charge on any atom is -0.427 e. The molecule has 0 aliphatic rings. The van der Waals surface area contributed by atoms with Crippen molar-refractivity contribution in [2.24, 2.45) is 22.1 Å². The van der Waals surface area contributed by atoms with Crippen LogP contribution in [0.25, 0.3) is 43.6 Å². The van der Waals surface area contributed by atoms with Gasteiger partial charge in [0.05, 0.1) is 0 Å². The third-order valence-electron chi connectivity index (χ3n) is 17.3. The number of oxime groups is 2. The summed E-state index contributed by atoms with van der Waals surface area (Å²) in [5.74, 6) is -2.19. The standard InChI is InChI=1S/C77H88N4O12/c1-9-15-19-24-66(78-92-50(7)82)76(88)58-34-42-70-64(46-58)62-44-56(32-40-68(62)80(70)48-52(13-5)22-17-11-3)74(86)54-28-36-60(37-29-54)90-72(84)26-21-27-73(85)91-61-38-30-55(31-39-61)75(87)57-33-41-69-63(45-57)65-47-59(77(89)67(25-20-16-10-2)79-93-51(8)83)35-43-71(65)81(69)49-53(14-6)23-18-12-4/h28-47,52-53H,9-27,48-49H2,1-8H3/b78-66+,79-67+. The Morgan fingerprint density at radius 1 is 0.376 bits per heavy atom. The molecule has 488 valence electrons. The summed E-state index contributed by atoms with van der Waals surface area (Å²) in [7, 11) is 0. The lowest BCUT2D eigenvalue weighted by Crippen LogP contribution is -2.16. The molecule has 93 heavy (non-hydrogen) atoms. The number of aromatic nitrogens is 2. The van der Waals surface area contributed by atoms with Gasteiger partial charge in [-0.1, -0.05) is 116 Å². The number of rotatable bonds is 36. The van der Waals surface area contributed by atoms with E-state index in [0.717, 1.165) is 134 Å². The number of fused-ring (bicyclic) bond motifs is 6. The molecule has 0 fully saturated rings. The van der Waals surface area contributed by atoms with Crippen molar-refractivity contribution >= 4 is 102 Å². The zero-order chi connectivity index (χ0) is 66.6. The van der Waals surface area contributed by atoms with Crippen LogP contribution in [0.5, 0.6) is 11.5 Å². The molecular formula is C77H88N4O12. The highest BCUT2D eigenvalue weighted by atomic mass is 16.7. The van der Waals surface area contributed by atoms with E-state index in [1.807, 2.05) is 60.7 Å². The van der Waals surface area contributed by atoms with Crippen molar-refractivity contribution in [1.82, 2.24) is 9.13 Å². The van der Waals surface area contributed by atoms with E-state index in [1.165, 1.54) is 13.8 Å². The quantitative estimate of drug-likeness (QED) is 0.00683. The number of ether oxygens (including phenoxy) is 2. The van der Waals surface area contributed by atoms with Crippen LogP contribution in [0.1, 0.15) is 230 Å². The molecule has 0 aliphatic heterocycles. The molecule has 0 aliphatic carbocycles. The van der Waals surface area contributed by atoms with Gasteiger partial charge in [0.15, 0.2) is 11.6 Å². The Kier molecular flexibility index (Phi) is 25.4. The van der Waals surface area contributed by atoms with E-state index in [2.05, 4.69) is 61.0 Å². The molecule has 2 heterocycles. The maximum atomic E-state index is 14.2. The number of hydrogen-bond acceptors (Lipinski definition) is 14. The lowest BCUT2D eigenvalue weighted by atomic mass is 9.98. The van der Waals surface area contributed by atoms with Gasteiger partial charge in [-0.15, -0.1) is 0 Å². The van der Waals surface area contributed by atoms with E-state index in [-0.39, 0.29) is 65.3 Å². The summed E-state index contributed by atoms with van der Waals surface area (Å²) in [6, 6.07) is 35.1. The summed E-state index contributed by atoms with van der Waals surface area (Å²) >= 11 is 0. The Morgan fingerprint density at radius 2 is 0.699 bits per heavy atom. The largest absolute Gasteiger partial charge is 0.427 e. The van der Waals surface area contributed by atoms with Crippen LogP contribution >= 0.6 is 0 Å². The maximum Gasteiger partial charge on any atom is 0.331 e. The van der Waals surface area contributed by atoms with Crippen LogP contribution in [0.2, 0.25) is 0 Å². The summed E-state index contributed by atoms with van der Waals surface area (Å²) < 4.78 is 15.8. The van der Waals surface area contributed by atoms with Gasteiger partial charge in [0, 0.05) is 117 Å². The Morgan fingerprint density at radius 3 is 1.02 bits per heavy atom. The number of esters is 2. The minimum atomic E-state index is -0.609. The van der Waals surface area contributed by atoms with Crippen LogP contribution in [0.4, 0.5) is 0 Å². The first-order valence-electron chi connectivity index (χ1n) is 33.4. The fraction of sp³-hybridized carbons (Fsp3) is 0.403. The van der Waals surface area contributed by atoms with Crippen molar-refractivity contribution in [3.8, 4) is 11.5 Å². The van der Waals surface area contributed by atoms with Crippen LogP contribution in [0.15, 0.2) is 132 Å². The topological polar surface area (TPSA) is 208 Å². The van der Waals surface area contributed by atoms with Gasteiger partial charge in [0.25, 0.3) is 0 Å². The molecule has 0 amide bonds. The third kappa shape index (κ3) is 18.1. The molecule has 0 N–H and O–H groups in total. The number of carbonyl (C=O) groups is 8. The molecule has 8 aromatic rings. The number of hydrogen-bond donors (Lipinski definition) is 0. The van der Waals surface area contributed by atoms with Gasteiger partial charge >= 0.3 is 23.9 Å². The minimum absolute atomic E-state index is 0.0793. The second kappa shape index (κ2) is 33.9. The molecule has 0 bridgehead atoms. The predicted molar refractivity (Wildman–Crippen MR) is 366 cm³/mol. The Labute approximate surface area is 545 Å². The first-order valence-corrected chi connectivity index (χ1v) is 33.4. The maximum absolute atomic E-state index is 14.2. The first-order chi connectivity index (χ1) is 45.0. The second-order valence-electron chi connectivity index (χ2n) is 24.3. The molecule has 0 spiro atoms. The van der Waals surface area contributed by atoms with Gasteiger partial charge in [0.2, 0.25) is 11.6 Å². The highest BCUT2D eigenvalue weighted by Gasteiger charge is 2.25. The summed E-state index contributed by atoms with van der Waals surface area (Å²) in [6.07, 6.45) is 14.4. The lowest BCUT2D eigenvalue weighted by molar-refractivity contribution is -0.141. The van der Waals surface area contributed by atoms with Crippen molar-refractivity contribution in [3.05, 3.63) is 155 Å². The Hall–Kier alpha value is -9.18. The van der Waals surface area contributed by atoms with Crippen molar-refractivity contribution in [1.29, 1.82) is 0 Å². The lowest BCUT2D eigenvalue weighted by Gasteiger charge is -2.17. The normalized spacial score (nSPS) is 12.5. The van der Waals surface area contributed by atoms with Gasteiger partial charge in [-0.05, 0) is 178 Å². The van der Waals surface area contributed by atoms with Crippen molar-refractivity contribution in [2.45, 2.75) is 190 Å². The fourth-order valence-electron chi connectivity index (χ4n) is 12.0. The van der Waals surface area contributed by atoms with Crippen LogP contribution in [-0.2, 0) is 41.9 Å². The van der Waals surface area contributed by atoms with Gasteiger partial charge in [-0.25, -0.2) is 9.59 Å². The smallest absolute Gasteiger partial charge is 0.331 e. The molecule has 8 rings (SSSR count). The highest BCUT2D eigenvalue weighted by molar-refractivity contribution is 6.47. The van der Waals surface area contributed by atoms with E-state index in [9.17, 15) is 38.4 Å². The number of benzene rings is 6. The van der Waals surface area contributed by atoms with Crippen molar-refractivity contribution < 1.29 is 57.5 Å². The molecule has 16 heteroatoms. The van der Waals surface area contributed by atoms with Crippen molar-refractivity contribution in [3.63, 3.8) is 0 Å². The molecule has 6 aromatic carbocycles. The SMILES string of the molecule is CCCCC/C(=N\OC(C)=O)C(=O)c1ccc2c(c1)c1cc(C(=O)c3ccc(OC(=O)CCCC(=O)Oc4ccc(C(=O)c5ccc6c(c5)c5cc(C(=O)/C(CCCCC)=N/OC(C)=O)ccc5n6CC(CC)CCCC)cc4)cc3)ccc1n2CC(CC)CCCC. The third-order valence-corrected chi connectivity index (χ3v) is 17.3. The van der Waals surface area contributed by atoms with Gasteiger partial charge in [0.1, 0.15) is 22.9 Å². The molecular weight excluding hydrogens is 1170 g/mol. The van der Waals surface area contributed by atoms with Gasteiger partial charge < -0.3 is 28.3 Å². The summed E-state index contributed by atoms with van der Waals surface area (Å²) in [5, 5.41) is 11.2. The molecule has 2 atom stereocenters. The number of Topliss-reactive ketones (excluding diaryl/α,β-unsaturated/α-hetero) is 2. The monoisotopic (exact) mass is 1260 g/mol. The summed E-state index contributed by atoms with van der Waals surface area (Å²) in [5.41, 5.74) is 6.53. The van der Waals surface area contributed by atoms with E-state index in [0.29, 0.717) is 70.9 Å². The van der Waals surface area contributed by atoms with Crippen LogP contribution < -0.4 is 9.47 Å². The van der Waals surface area contributed by atoms with Crippen molar-refractivity contribution in [2.75, 3.05) is 0 Å². The first kappa shape index (κ1) is 69.7. The number of nitrogens with zero attached hydrogens (tertiary/aromatic N) is 4. The van der Waals surface area contributed by atoms with Crippen LogP contribution in [0, 0.1) is 11.8 Å². The molecule has 16 nitrogen and oxygen atoms in total. The molecule has 0 saturated heterocycles. The van der Waals surface area contributed by atoms with E-state index in [1.54, 1.807) is 60.7 Å². The molecule has 0 saturated carbocycles. The molecule has 2 aromatic heterocycles. The average molecular weight is 1260 g/mol. The van der Waals surface area contributed by atoms with E-state index in [4.69, 9.17) is 19.1 Å². The zero-order valence-corrected chi connectivity index (χ0v) is 55.2. The van der Waals surface area contributed by atoms with Gasteiger partial charge in [-0.2, -0.15) is 0 Å². The average Bonchev–Trinajstić information content (AvgIpc) is 1.62. The summed E-state index contributed by atoms with van der Waals surface area (Å²) in [6.45, 7) is 16.9. The second-order valence-corrected chi connectivity index (χ2v) is 24.3. The zero-order valence-electron chi connectivity index (χ0n) is 55.2. The number of carbonyl (C=O) groups excluding carboxylic acids is 8.